The van der Waals surface area contributed by atoms with Crippen molar-refractivity contribution in [2.45, 2.75) is 33.0 Å². The van der Waals surface area contributed by atoms with Crippen molar-refractivity contribution in [1.82, 2.24) is 10.3 Å². The molecule has 4 heteroatoms. The normalized spacial score (nSPS) is 10.8. The van der Waals surface area contributed by atoms with Crippen molar-refractivity contribution in [2.75, 3.05) is 0 Å². The van der Waals surface area contributed by atoms with Crippen molar-refractivity contribution in [3.05, 3.63) is 58.3 Å². The second-order valence-corrected chi connectivity index (χ2v) is 5.80. The average molecular weight is 335 g/mol. The molecule has 0 bridgehead atoms. The predicted molar refractivity (Wildman–Crippen MR) is 84.7 cm³/mol. The SMILES string of the molecule is CC(C)NCc1ccc(OCc2ccncc2)c(Br)c1. The van der Waals surface area contributed by atoms with Gasteiger partial charge in [-0.05, 0) is 51.3 Å². The molecule has 0 saturated heterocycles. The third kappa shape index (κ3) is 4.62. The van der Waals surface area contributed by atoms with Gasteiger partial charge >= 0.3 is 0 Å². The zero-order chi connectivity index (χ0) is 14.4. The molecular weight excluding hydrogens is 316 g/mol. The van der Waals surface area contributed by atoms with Crippen molar-refractivity contribution < 1.29 is 4.74 Å². The first kappa shape index (κ1) is 15.0. The highest BCUT2D eigenvalue weighted by Gasteiger charge is 2.04. The lowest BCUT2D eigenvalue weighted by Crippen LogP contribution is -2.21. The molecule has 1 aromatic heterocycles. The Morgan fingerprint density at radius 1 is 1.15 bits per heavy atom. The van der Waals surface area contributed by atoms with Gasteiger partial charge in [0.05, 0.1) is 4.47 Å². The van der Waals surface area contributed by atoms with Gasteiger partial charge in [0.15, 0.2) is 0 Å². The quantitative estimate of drug-likeness (QED) is 0.869. The molecule has 1 aromatic carbocycles. The Hall–Kier alpha value is -1.39. The third-order valence-electron chi connectivity index (χ3n) is 2.85. The van der Waals surface area contributed by atoms with Crippen LogP contribution in [0.3, 0.4) is 0 Å². The summed E-state index contributed by atoms with van der Waals surface area (Å²) >= 11 is 3.56. The molecule has 1 heterocycles. The average Bonchev–Trinajstić information content (AvgIpc) is 2.45. The number of hydrogen-bond acceptors (Lipinski definition) is 3. The molecule has 2 aromatic rings. The molecule has 0 aliphatic carbocycles. The molecular formula is C16H19BrN2O. The molecule has 0 radical (unpaired) electrons. The van der Waals surface area contributed by atoms with E-state index in [-0.39, 0.29) is 0 Å². The van der Waals surface area contributed by atoms with E-state index in [4.69, 9.17) is 4.74 Å². The number of nitrogens with one attached hydrogen (secondary N) is 1. The fourth-order valence-corrected chi connectivity index (χ4v) is 2.27. The number of nitrogens with zero attached hydrogens (tertiary/aromatic N) is 1. The minimum Gasteiger partial charge on any atom is -0.488 e. The van der Waals surface area contributed by atoms with E-state index in [1.807, 2.05) is 18.2 Å². The minimum absolute atomic E-state index is 0.483. The summed E-state index contributed by atoms with van der Waals surface area (Å²) < 4.78 is 6.79. The highest BCUT2D eigenvalue weighted by molar-refractivity contribution is 9.10. The molecule has 20 heavy (non-hydrogen) atoms. The molecule has 3 nitrogen and oxygen atoms in total. The summed E-state index contributed by atoms with van der Waals surface area (Å²) in [6.45, 7) is 5.69. The van der Waals surface area contributed by atoms with Gasteiger partial charge in [-0.15, -0.1) is 0 Å². The van der Waals surface area contributed by atoms with Crippen LogP contribution >= 0.6 is 15.9 Å². The number of pyridine rings is 1. The fraction of sp³-hybridized carbons (Fsp3) is 0.312. The third-order valence-corrected chi connectivity index (χ3v) is 3.47. The first-order valence-corrected chi connectivity index (χ1v) is 7.48. The summed E-state index contributed by atoms with van der Waals surface area (Å²) in [5, 5.41) is 3.40. The molecule has 0 amide bonds. The van der Waals surface area contributed by atoms with Gasteiger partial charge in [-0.25, -0.2) is 0 Å². The fourth-order valence-electron chi connectivity index (χ4n) is 1.73. The Morgan fingerprint density at radius 2 is 1.90 bits per heavy atom. The molecule has 2 rings (SSSR count). The zero-order valence-electron chi connectivity index (χ0n) is 11.8. The minimum atomic E-state index is 0.483. The molecule has 0 saturated carbocycles. The van der Waals surface area contributed by atoms with Crippen LogP contribution in [0.4, 0.5) is 0 Å². The van der Waals surface area contributed by atoms with Crippen molar-refractivity contribution >= 4 is 15.9 Å². The van der Waals surface area contributed by atoms with Crippen LogP contribution in [0.5, 0.6) is 5.75 Å². The lowest BCUT2D eigenvalue weighted by molar-refractivity contribution is 0.304. The van der Waals surface area contributed by atoms with E-state index < -0.39 is 0 Å². The summed E-state index contributed by atoms with van der Waals surface area (Å²) in [6.07, 6.45) is 3.54. The van der Waals surface area contributed by atoms with Crippen LogP contribution in [-0.4, -0.2) is 11.0 Å². The smallest absolute Gasteiger partial charge is 0.134 e. The summed E-state index contributed by atoms with van der Waals surface area (Å²) in [7, 11) is 0. The van der Waals surface area contributed by atoms with E-state index in [9.17, 15) is 0 Å². The molecule has 0 fully saturated rings. The van der Waals surface area contributed by atoms with Crippen LogP contribution in [0.15, 0.2) is 47.2 Å². The van der Waals surface area contributed by atoms with Crippen molar-refractivity contribution in [1.29, 1.82) is 0 Å². The van der Waals surface area contributed by atoms with Crippen molar-refractivity contribution in [3.63, 3.8) is 0 Å². The van der Waals surface area contributed by atoms with E-state index in [1.165, 1.54) is 5.56 Å². The maximum absolute atomic E-state index is 5.81. The van der Waals surface area contributed by atoms with Gasteiger partial charge in [0.1, 0.15) is 12.4 Å². The maximum Gasteiger partial charge on any atom is 0.134 e. The number of rotatable bonds is 6. The number of aromatic nitrogens is 1. The summed E-state index contributed by atoms with van der Waals surface area (Å²) in [5.41, 5.74) is 2.35. The maximum atomic E-state index is 5.81. The van der Waals surface area contributed by atoms with Gasteiger partial charge in [0.25, 0.3) is 0 Å². The van der Waals surface area contributed by atoms with E-state index in [0.717, 1.165) is 22.3 Å². The van der Waals surface area contributed by atoms with Crippen LogP contribution in [0.1, 0.15) is 25.0 Å². The summed E-state index contributed by atoms with van der Waals surface area (Å²) in [4.78, 5) is 3.99. The lowest BCUT2D eigenvalue weighted by atomic mass is 10.2. The van der Waals surface area contributed by atoms with Crippen LogP contribution in [0.2, 0.25) is 0 Å². The molecule has 0 unspecified atom stereocenters. The number of ether oxygens (including phenoxy) is 1. The number of benzene rings is 1. The molecule has 0 spiro atoms. The lowest BCUT2D eigenvalue weighted by Gasteiger charge is -2.11. The van der Waals surface area contributed by atoms with E-state index in [0.29, 0.717) is 12.6 Å². The van der Waals surface area contributed by atoms with Crippen LogP contribution in [0, 0.1) is 0 Å². The van der Waals surface area contributed by atoms with Gasteiger partial charge in [0.2, 0.25) is 0 Å². The number of halogens is 1. The second-order valence-electron chi connectivity index (χ2n) is 4.94. The zero-order valence-corrected chi connectivity index (χ0v) is 13.4. The first-order valence-electron chi connectivity index (χ1n) is 6.68. The van der Waals surface area contributed by atoms with Crippen molar-refractivity contribution in [2.24, 2.45) is 0 Å². The summed E-state index contributed by atoms with van der Waals surface area (Å²) in [6, 6.07) is 10.6. The predicted octanol–water partition coefficient (Wildman–Crippen LogP) is 3.92. The standard InChI is InChI=1S/C16H19BrN2O/c1-12(2)19-10-14-3-4-16(15(17)9-14)20-11-13-5-7-18-8-6-13/h3-9,12,19H,10-11H2,1-2H3. The van der Waals surface area contributed by atoms with E-state index in [1.54, 1.807) is 12.4 Å². The Kier molecular flexibility index (Phi) is 5.56. The monoisotopic (exact) mass is 334 g/mol. The van der Waals surface area contributed by atoms with E-state index in [2.05, 4.69) is 52.2 Å². The Labute approximate surface area is 128 Å². The van der Waals surface area contributed by atoms with Gasteiger partial charge in [-0.1, -0.05) is 19.9 Å². The van der Waals surface area contributed by atoms with E-state index >= 15 is 0 Å². The van der Waals surface area contributed by atoms with Gasteiger partial charge in [0, 0.05) is 25.0 Å². The molecule has 0 aliphatic rings. The molecule has 106 valence electrons. The molecule has 1 N–H and O–H groups in total. The van der Waals surface area contributed by atoms with Gasteiger partial charge in [-0.2, -0.15) is 0 Å². The Balaban J connectivity index is 1.95. The van der Waals surface area contributed by atoms with Crippen LogP contribution in [-0.2, 0) is 13.2 Å². The topological polar surface area (TPSA) is 34.1 Å². The van der Waals surface area contributed by atoms with Gasteiger partial charge < -0.3 is 10.1 Å². The van der Waals surface area contributed by atoms with Gasteiger partial charge in [-0.3, -0.25) is 4.98 Å². The van der Waals surface area contributed by atoms with Crippen molar-refractivity contribution in [3.8, 4) is 5.75 Å². The van der Waals surface area contributed by atoms with Crippen LogP contribution in [0.25, 0.3) is 0 Å². The Morgan fingerprint density at radius 3 is 2.55 bits per heavy atom. The molecule has 0 aliphatic heterocycles. The van der Waals surface area contributed by atoms with Crippen LogP contribution < -0.4 is 10.1 Å². The second kappa shape index (κ2) is 7.41. The number of hydrogen-bond donors (Lipinski definition) is 1. The molecule has 0 atom stereocenters. The largest absolute Gasteiger partial charge is 0.488 e. The highest BCUT2D eigenvalue weighted by atomic mass is 79.9. The Bertz CT molecular complexity index is 543. The first-order chi connectivity index (χ1) is 9.65. The summed E-state index contributed by atoms with van der Waals surface area (Å²) in [5.74, 6) is 0.857. The highest BCUT2D eigenvalue weighted by Crippen LogP contribution is 2.26.